The Bertz CT molecular complexity index is 482. The fraction of sp³-hybridized carbons (Fsp3) is 0.583. The van der Waals surface area contributed by atoms with Gasteiger partial charge in [-0.05, 0) is 18.9 Å². The van der Waals surface area contributed by atoms with Crippen molar-refractivity contribution in [2.45, 2.75) is 45.8 Å². The summed E-state index contributed by atoms with van der Waals surface area (Å²) in [6.45, 7) is 5.37. The number of nitrogens with two attached hydrogens (primary N) is 1. The van der Waals surface area contributed by atoms with Crippen LogP contribution in [0.3, 0.4) is 0 Å². The molecular weight excluding hydrogens is 228 g/mol. The summed E-state index contributed by atoms with van der Waals surface area (Å²) < 4.78 is 3.80. The first-order valence-corrected chi connectivity index (χ1v) is 6.39. The van der Waals surface area contributed by atoms with Gasteiger partial charge in [-0.15, -0.1) is 0 Å². The Morgan fingerprint density at radius 2 is 2.06 bits per heavy atom. The van der Waals surface area contributed by atoms with Crippen LogP contribution in [0.25, 0.3) is 0 Å². The Morgan fingerprint density at radius 3 is 2.67 bits per heavy atom. The first-order valence-electron chi connectivity index (χ1n) is 6.39. The summed E-state index contributed by atoms with van der Waals surface area (Å²) in [5.74, 6) is 0.662. The zero-order valence-electron chi connectivity index (χ0n) is 11.0. The number of aromatic nitrogens is 5. The van der Waals surface area contributed by atoms with Gasteiger partial charge in [-0.1, -0.05) is 13.8 Å². The van der Waals surface area contributed by atoms with Crippen molar-refractivity contribution < 1.29 is 0 Å². The van der Waals surface area contributed by atoms with Crippen molar-refractivity contribution in [3.05, 3.63) is 30.1 Å². The Kier molecular flexibility index (Phi) is 4.09. The summed E-state index contributed by atoms with van der Waals surface area (Å²) in [6, 6.07) is 2.51. The molecule has 98 valence electrons. The largest absolute Gasteiger partial charge is 0.324 e. The molecule has 0 amide bonds. The predicted octanol–water partition coefficient (Wildman–Crippen LogP) is 1.34. The van der Waals surface area contributed by atoms with E-state index in [0.717, 1.165) is 18.5 Å². The van der Waals surface area contributed by atoms with Crippen LogP contribution < -0.4 is 5.73 Å². The van der Waals surface area contributed by atoms with E-state index in [2.05, 4.69) is 29.0 Å². The van der Waals surface area contributed by atoms with Gasteiger partial charge >= 0.3 is 0 Å². The monoisotopic (exact) mass is 248 g/mol. The lowest BCUT2D eigenvalue weighted by Crippen LogP contribution is -2.09. The molecule has 2 aromatic heterocycles. The minimum absolute atomic E-state index is 0.370. The molecule has 0 radical (unpaired) electrons. The van der Waals surface area contributed by atoms with Crippen LogP contribution in [-0.4, -0.2) is 24.5 Å². The average Bonchev–Trinajstić information content (AvgIpc) is 3.01. The fourth-order valence-corrected chi connectivity index (χ4v) is 2.00. The van der Waals surface area contributed by atoms with Crippen LogP contribution in [0.2, 0.25) is 0 Å². The molecule has 0 fully saturated rings. The lowest BCUT2D eigenvalue weighted by atomic mass is 10.2. The second-order valence-electron chi connectivity index (χ2n) is 4.32. The minimum Gasteiger partial charge on any atom is -0.324 e. The number of hydrogen-bond acceptors (Lipinski definition) is 4. The van der Waals surface area contributed by atoms with Crippen molar-refractivity contribution in [1.82, 2.24) is 24.5 Å². The van der Waals surface area contributed by atoms with Crippen LogP contribution in [0.5, 0.6) is 0 Å². The standard InChI is InChI=1S/C12H20N6/c1-3-11(4-2)18-6-5-10(15-18)8-17-9-14-12(7-13)16-17/h5-6,9,11H,3-4,7-8,13H2,1-2H3. The van der Waals surface area contributed by atoms with Gasteiger partial charge < -0.3 is 5.73 Å². The van der Waals surface area contributed by atoms with Crippen molar-refractivity contribution in [1.29, 1.82) is 0 Å². The molecule has 0 saturated heterocycles. The molecule has 0 aromatic carbocycles. The lowest BCUT2D eigenvalue weighted by molar-refractivity contribution is 0.424. The van der Waals surface area contributed by atoms with Gasteiger partial charge in [-0.2, -0.15) is 10.2 Å². The highest BCUT2D eigenvalue weighted by molar-refractivity contribution is 5.00. The normalized spacial score (nSPS) is 11.3. The Morgan fingerprint density at radius 1 is 1.28 bits per heavy atom. The average molecular weight is 248 g/mol. The lowest BCUT2D eigenvalue weighted by Gasteiger charge is -2.12. The molecule has 0 atom stereocenters. The van der Waals surface area contributed by atoms with E-state index < -0.39 is 0 Å². The third-order valence-electron chi connectivity index (χ3n) is 3.07. The molecule has 6 nitrogen and oxygen atoms in total. The van der Waals surface area contributed by atoms with Crippen molar-refractivity contribution in [3.8, 4) is 0 Å². The first-order chi connectivity index (χ1) is 8.76. The van der Waals surface area contributed by atoms with E-state index in [4.69, 9.17) is 5.73 Å². The van der Waals surface area contributed by atoms with Gasteiger partial charge in [0.05, 0.1) is 24.8 Å². The van der Waals surface area contributed by atoms with Gasteiger partial charge in [0, 0.05) is 6.20 Å². The number of hydrogen-bond donors (Lipinski definition) is 1. The summed E-state index contributed by atoms with van der Waals surface area (Å²) >= 11 is 0. The molecule has 0 aliphatic rings. The van der Waals surface area contributed by atoms with Gasteiger partial charge in [0.15, 0.2) is 5.82 Å². The Labute approximate surface area is 107 Å². The third-order valence-corrected chi connectivity index (χ3v) is 3.07. The van der Waals surface area contributed by atoms with Crippen LogP contribution in [0, 0.1) is 0 Å². The fourth-order valence-electron chi connectivity index (χ4n) is 2.00. The van der Waals surface area contributed by atoms with Gasteiger partial charge in [0.1, 0.15) is 6.33 Å². The van der Waals surface area contributed by atoms with E-state index in [-0.39, 0.29) is 0 Å². The summed E-state index contributed by atoms with van der Waals surface area (Å²) in [6.07, 6.45) is 5.92. The molecule has 2 heterocycles. The summed E-state index contributed by atoms with van der Waals surface area (Å²) in [5, 5.41) is 8.83. The molecule has 2 N–H and O–H groups in total. The number of rotatable bonds is 6. The maximum Gasteiger partial charge on any atom is 0.164 e. The minimum atomic E-state index is 0.370. The van der Waals surface area contributed by atoms with Crippen molar-refractivity contribution in [2.75, 3.05) is 0 Å². The molecule has 0 spiro atoms. The second-order valence-corrected chi connectivity index (χ2v) is 4.32. The summed E-state index contributed by atoms with van der Waals surface area (Å²) in [5.41, 5.74) is 6.47. The van der Waals surface area contributed by atoms with Crippen molar-refractivity contribution in [3.63, 3.8) is 0 Å². The predicted molar refractivity (Wildman–Crippen MR) is 68.9 cm³/mol. The summed E-state index contributed by atoms with van der Waals surface area (Å²) in [7, 11) is 0. The molecule has 0 aliphatic heterocycles. The highest BCUT2D eigenvalue weighted by Crippen LogP contribution is 2.14. The van der Waals surface area contributed by atoms with Gasteiger partial charge in [0.2, 0.25) is 0 Å². The molecule has 6 heteroatoms. The molecule has 0 unspecified atom stereocenters. The maximum absolute atomic E-state index is 5.48. The second kappa shape index (κ2) is 5.77. The first kappa shape index (κ1) is 12.8. The van der Waals surface area contributed by atoms with Crippen LogP contribution in [0.1, 0.15) is 44.2 Å². The van der Waals surface area contributed by atoms with E-state index >= 15 is 0 Å². The zero-order valence-corrected chi connectivity index (χ0v) is 11.0. The van der Waals surface area contributed by atoms with E-state index in [1.807, 2.05) is 16.9 Å². The number of nitrogens with zero attached hydrogens (tertiary/aromatic N) is 5. The molecular formula is C12H20N6. The van der Waals surface area contributed by atoms with Gasteiger partial charge in [-0.25, -0.2) is 9.67 Å². The van der Waals surface area contributed by atoms with E-state index in [9.17, 15) is 0 Å². The maximum atomic E-state index is 5.48. The topological polar surface area (TPSA) is 74.5 Å². The zero-order chi connectivity index (χ0) is 13.0. The third kappa shape index (κ3) is 2.76. The highest BCUT2D eigenvalue weighted by atomic mass is 15.4. The smallest absolute Gasteiger partial charge is 0.164 e. The van der Waals surface area contributed by atoms with Crippen molar-refractivity contribution >= 4 is 0 Å². The Hall–Kier alpha value is -1.69. The Balaban J connectivity index is 2.06. The van der Waals surface area contributed by atoms with Gasteiger partial charge in [0.25, 0.3) is 0 Å². The SMILES string of the molecule is CCC(CC)n1ccc(Cn2cnc(CN)n2)n1. The quantitative estimate of drug-likeness (QED) is 0.837. The van der Waals surface area contributed by atoms with E-state index in [1.54, 1.807) is 11.0 Å². The molecule has 0 bridgehead atoms. The van der Waals surface area contributed by atoms with Crippen LogP contribution in [-0.2, 0) is 13.1 Å². The van der Waals surface area contributed by atoms with Gasteiger partial charge in [-0.3, -0.25) is 4.68 Å². The van der Waals surface area contributed by atoms with Crippen molar-refractivity contribution in [2.24, 2.45) is 5.73 Å². The summed E-state index contributed by atoms with van der Waals surface area (Å²) in [4.78, 5) is 4.10. The molecule has 18 heavy (non-hydrogen) atoms. The molecule has 0 aliphatic carbocycles. The molecule has 2 aromatic rings. The molecule has 2 rings (SSSR count). The van der Waals surface area contributed by atoms with E-state index in [1.165, 1.54) is 0 Å². The van der Waals surface area contributed by atoms with Crippen LogP contribution in [0.15, 0.2) is 18.6 Å². The highest BCUT2D eigenvalue weighted by Gasteiger charge is 2.08. The molecule has 0 saturated carbocycles. The van der Waals surface area contributed by atoms with E-state index in [0.29, 0.717) is 25.0 Å². The van der Waals surface area contributed by atoms with Crippen LogP contribution >= 0.6 is 0 Å². The van der Waals surface area contributed by atoms with Crippen LogP contribution in [0.4, 0.5) is 0 Å².